The van der Waals surface area contributed by atoms with Crippen LogP contribution >= 0.6 is 0 Å². The van der Waals surface area contributed by atoms with Gasteiger partial charge in [0.15, 0.2) is 23.0 Å². The minimum absolute atomic E-state index is 0.120. The van der Waals surface area contributed by atoms with Gasteiger partial charge in [0.25, 0.3) is 0 Å². The van der Waals surface area contributed by atoms with Gasteiger partial charge in [0.2, 0.25) is 0 Å². The van der Waals surface area contributed by atoms with Crippen molar-refractivity contribution in [3.63, 3.8) is 0 Å². The molecule has 0 radical (unpaired) electrons. The summed E-state index contributed by atoms with van der Waals surface area (Å²) in [5, 5.41) is 19.7. The molecular weight excluding hydrogens is 304 g/mol. The normalized spacial score (nSPS) is 10.2. The molecule has 0 amide bonds. The van der Waals surface area contributed by atoms with E-state index < -0.39 is 0 Å². The second-order valence-corrected chi connectivity index (χ2v) is 5.38. The van der Waals surface area contributed by atoms with Crippen LogP contribution in [0.25, 0.3) is 0 Å². The van der Waals surface area contributed by atoms with Crippen molar-refractivity contribution >= 4 is 0 Å². The molecule has 24 heavy (non-hydrogen) atoms. The third-order valence-corrected chi connectivity index (χ3v) is 3.65. The van der Waals surface area contributed by atoms with Gasteiger partial charge in [-0.05, 0) is 61.1 Å². The molecular formula is C20H22O4. The van der Waals surface area contributed by atoms with Gasteiger partial charge in [0, 0.05) is 0 Å². The first-order valence-electron chi connectivity index (χ1n) is 7.83. The first kappa shape index (κ1) is 17.5. The quantitative estimate of drug-likeness (QED) is 0.517. The number of hydrogen-bond acceptors (Lipinski definition) is 4. The van der Waals surface area contributed by atoms with Crippen LogP contribution in [0.5, 0.6) is 23.0 Å². The Bertz CT molecular complexity index is 645. The van der Waals surface area contributed by atoms with Crippen molar-refractivity contribution in [2.75, 3.05) is 0 Å². The van der Waals surface area contributed by atoms with Gasteiger partial charge < -0.3 is 19.7 Å². The molecule has 0 heterocycles. The highest BCUT2D eigenvalue weighted by molar-refractivity contribution is 5.43. The lowest BCUT2D eigenvalue weighted by Crippen LogP contribution is -1.91. The molecule has 2 rings (SSSR count). The van der Waals surface area contributed by atoms with Crippen molar-refractivity contribution < 1.29 is 19.7 Å². The Morgan fingerprint density at radius 3 is 1.50 bits per heavy atom. The van der Waals surface area contributed by atoms with Gasteiger partial charge in [0.05, 0.1) is 12.5 Å². The predicted octanol–water partition coefficient (Wildman–Crippen LogP) is 4.71. The number of phenols is 2. The molecule has 2 N–H and O–H groups in total. The molecule has 2 aromatic carbocycles. The first-order valence-corrected chi connectivity index (χ1v) is 7.83. The molecule has 0 unspecified atom stereocenters. The van der Waals surface area contributed by atoms with Crippen LogP contribution in [0.1, 0.15) is 24.0 Å². The van der Waals surface area contributed by atoms with E-state index in [0.717, 1.165) is 36.8 Å². The highest BCUT2D eigenvalue weighted by atomic mass is 16.5. The van der Waals surface area contributed by atoms with Gasteiger partial charge in [-0.3, -0.25) is 0 Å². The minimum Gasteiger partial charge on any atom is -0.504 e. The molecule has 126 valence electrons. The van der Waals surface area contributed by atoms with Crippen LogP contribution in [-0.4, -0.2) is 10.2 Å². The van der Waals surface area contributed by atoms with E-state index in [1.807, 2.05) is 12.1 Å². The molecule has 0 saturated heterocycles. The Kier molecular flexibility index (Phi) is 6.32. The maximum absolute atomic E-state index is 9.84. The third kappa shape index (κ3) is 4.81. The molecule has 4 nitrogen and oxygen atoms in total. The van der Waals surface area contributed by atoms with Crippen molar-refractivity contribution in [2.24, 2.45) is 0 Å². The zero-order chi connectivity index (χ0) is 17.4. The van der Waals surface area contributed by atoms with Crippen molar-refractivity contribution in [2.45, 2.75) is 25.7 Å². The van der Waals surface area contributed by atoms with Crippen LogP contribution in [0.4, 0.5) is 0 Å². The summed E-state index contributed by atoms with van der Waals surface area (Å²) in [6.45, 7) is 6.93. The summed E-state index contributed by atoms with van der Waals surface area (Å²) >= 11 is 0. The average Bonchev–Trinajstić information content (AvgIpc) is 2.56. The van der Waals surface area contributed by atoms with Gasteiger partial charge in [-0.1, -0.05) is 25.3 Å². The van der Waals surface area contributed by atoms with Crippen LogP contribution in [0, 0.1) is 0 Å². The predicted molar refractivity (Wildman–Crippen MR) is 94.5 cm³/mol. The average molecular weight is 326 g/mol. The molecule has 0 aromatic heterocycles. The zero-order valence-electron chi connectivity index (χ0n) is 13.6. The fourth-order valence-electron chi connectivity index (χ4n) is 2.47. The second kappa shape index (κ2) is 8.67. The lowest BCUT2D eigenvalue weighted by atomic mass is 10.0. The molecule has 0 aliphatic carbocycles. The Morgan fingerprint density at radius 1 is 0.750 bits per heavy atom. The zero-order valence-corrected chi connectivity index (χ0v) is 13.6. The summed E-state index contributed by atoms with van der Waals surface area (Å²) in [6.07, 6.45) is 6.27. The number of rotatable bonds is 9. The summed E-state index contributed by atoms with van der Waals surface area (Å²) in [5.74, 6) is 1.06. The molecule has 0 aliphatic heterocycles. The number of phenolic OH excluding ortho intramolecular Hbond substituents is 2. The van der Waals surface area contributed by atoms with Gasteiger partial charge >= 0.3 is 0 Å². The highest BCUT2D eigenvalue weighted by Crippen LogP contribution is 2.29. The van der Waals surface area contributed by atoms with Gasteiger partial charge in [0.1, 0.15) is 0 Å². The van der Waals surface area contributed by atoms with Crippen molar-refractivity contribution in [3.8, 4) is 23.0 Å². The maximum Gasteiger partial charge on any atom is 0.168 e. The van der Waals surface area contributed by atoms with E-state index >= 15 is 0 Å². The molecule has 2 aromatic rings. The number of benzene rings is 2. The van der Waals surface area contributed by atoms with Crippen LogP contribution in [0.15, 0.2) is 62.1 Å². The molecule has 4 heteroatoms. The number of hydrogen-bond donors (Lipinski definition) is 2. The van der Waals surface area contributed by atoms with Crippen molar-refractivity contribution in [1.29, 1.82) is 0 Å². The largest absolute Gasteiger partial charge is 0.504 e. The topological polar surface area (TPSA) is 58.9 Å². The van der Waals surface area contributed by atoms with Crippen LogP contribution in [0.2, 0.25) is 0 Å². The van der Waals surface area contributed by atoms with E-state index in [0.29, 0.717) is 11.5 Å². The van der Waals surface area contributed by atoms with Gasteiger partial charge in [-0.25, -0.2) is 0 Å². The van der Waals surface area contributed by atoms with E-state index in [9.17, 15) is 10.2 Å². The van der Waals surface area contributed by atoms with E-state index in [-0.39, 0.29) is 11.5 Å². The standard InChI is InChI=1S/C20H22O4/c1-3-23-19-11-9-15(13-17(19)21)7-5-6-8-16-10-12-20(24-4-2)18(22)14-16/h3-4,9-14,21-22H,1-2,5-8H2. The maximum atomic E-state index is 9.84. The molecule has 0 spiro atoms. The summed E-state index contributed by atoms with van der Waals surface area (Å²) in [6, 6.07) is 10.8. The second-order valence-electron chi connectivity index (χ2n) is 5.38. The first-order chi connectivity index (χ1) is 11.6. The van der Waals surface area contributed by atoms with E-state index in [1.54, 1.807) is 24.3 Å². The van der Waals surface area contributed by atoms with Crippen LogP contribution < -0.4 is 9.47 Å². The lowest BCUT2D eigenvalue weighted by Gasteiger charge is -2.08. The summed E-state index contributed by atoms with van der Waals surface area (Å²) in [4.78, 5) is 0. The Labute approximate surface area is 142 Å². The number of aryl methyl sites for hydroxylation is 2. The van der Waals surface area contributed by atoms with Crippen molar-refractivity contribution in [3.05, 3.63) is 73.2 Å². The fraction of sp³-hybridized carbons (Fsp3) is 0.200. The molecule has 0 atom stereocenters. The SMILES string of the molecule is C=COc1ccc(CCCCc2ccc(OC=C)c(O)c2)cc1O. The monoisotopic (exact) mass is 326 g/mol. The number of ether oxygens (including phenoxy) is 2. The van der Waals surface area contributed by atoms with Crippen molar-refractivity contribution in [1.82, 2.24) is 0 Å². The Hall–Kier alpha value is -2.88. The third-order valence-electron chi connectivity index (χ3n) is 3.65. The lowest BCUT2D eigenvalue weighted by molar-refractivity contribution is 0.410. The molecule has 0 saturated carbocycles. The minimum atomic E-state index is 0.120. The van der Waals surface area contributed by atoms with E-state index in [1.165, 1.54) is 12.5 Å². The van der Waals surface area contributed by atoms with Crippen LogP contribution in [-0.2, 0) is 12.8 Å². The van der Waals surface area contributed by atoms with Gasteiger partial charge in [-0.15, -0.1) is 0 Å². The molecule has 0 bridgehead atoms. The molecule has 0 fully saturated rings. The Balaban J connectivity index is 1.82. The Morgan fingerprint density at radius 2 is 1.17 bits per heavy atom. The van der Waals surface area contributed by atoms with E-state index in [4.69, 9.17) is 9.47 Å². The summed E-state index contributed by atoms with van der Waals surface area (Å²) < 4.78 is 10.2. The fourth-order valence-corrected chi connectivity index (χ4v) is 2.47. The van der Waals surface area contributed by atoms with Crippen LogP contribution in [0.3, 0.4) is 0 Å². The summed E-state index contributed by atoms with van der Waals surface area (Å²) in [5.41, 5.74) is 2.11. The smallest absolute Gasteiger partial charge is 0.168 e. The highest BCUT2D eigenvalue weighted by Gasteiger charge is 2.05. The summed E-state index contributed by atoms with van der Waals surface area (Å²) in [7, 11) is 0. The number of aromatic hydroxyl groups is 2. The number of unbranched alkanes of at least 4 members (excludes halogenated alkanes) is 1. The molecule has 0 aliphatic rings. The van der Waals surface area contributed by atoms with E-state index in [2.05, 4.69) is 13.2 Å². The van der Waals surface area contributed by atoms with Gasteiger partial charge in [-0.2, -0.15) is 0 Å².